The van der Waals surface area contributed by atoms with E-state index in [1.54, 1.807) is 16.9 Å². The van der Waals surface area contributed by atoms with Crippen LogP contribution in [-0.4, -0.2) is 14.9 Å². The van der Waals surface area contributed by atoms with Gasteiger partial charge in [0.15, 0.2) is 0 Å². The number of aryl methyl sites for hydroxylation is 1. The number of nitrogens with zero attached hydrogens (tertiary/aromatic N) is 2. The van der Waals surface area contributed by atoms with E-state index >= 15 is 0 Å². The summed E-state index contributed by atoms with van der Waals surface area (Å²) in [5.41, 5.74) is 0.801. The molecule has 0 aliphatic rings. The summed E-state index contributed by atoms with van der Waals surface area (Å²) in [6.45, 7) is 2.81. The molecule has 1 atom stereocenters. The number of hydrogen-bond acceptors (Lipinski definition) is 3. The molecule has 2 heterocycles. The van der Waals surface area contributed by atoms with E-state index in [2.05, 4.69) is 5.10 Å². The average molecular weight is 243 g/mol. The summed E-state index contributed by atoms with van der Waals surface area (Å²) < 4.78 is 2.47. The van der Waals surface area contributed by atoms with Crippen LogP contribution in [-0.2, 0) is 6.54 Å². The van der Waals surface area contributed by atoms with Crippen molar-refractivity contribution in [2.45, 2.75) is 19.6 Å². The number of halogens is 1. The second kappa shape index (κ2) is 4.35. The highest BCUT2D eigenvalue weighted by Gasteiger charge is 2.14. The first-order chi connectivity index (χ1) is 7.20. The molecule has 0 fully saturated rings. The third-order valence-corrected chi connectivity index (χ3v) is 3.44. The molecule has 5 heteroatoms. The van der Waals surface area contributed by atoms with E-state index in [9.17, 15) is 5.11 Å². The Morgan fingerprint density at radius 2 is 2.40 bits per heavy atom. The van der Waals surface area contributed by atoms with Crippen LogP contribution >= 0.6 is 22.9 Å². The highest BCUT2D eigenvalue weighted by Crippen LogP contribution is 2.30. The quantitative estimate of drug-likeness (QED) is 0.899. The van der Waals surface area contributed by atoms with E-state index in [4.69, 9.17) is 11.6 Å². The molecule has 0 radical (unpaired) electrons. The van der Waals surface area contributed by atoms with Gasteiger partial charge in [0.1, 0.15) is 6.10 Å². The van der Waals surface area contributed by atoms with Crippen LogP contribution < -0.4 is 0 Å². The van der Waals surface area contributed by atoms with Crippen LogP contribution in [0.25, 0.3) is 0 Å². The minimum absolute atomic E-state index is 0.622. The lowest BCUT2D eigenvalue weighted by atomic mass is 10.2. The molecule has 0 saturated carbocycles. The zero-order valence-electron chi connectivity index (χ0n) is 8.22. The summed E-state index contributed by atoms with van der Waals surface area (Å²) >= 11 is 7.20. The Morgan fingerprint density at radius 3 is 2.93 bits per heavy atom. The van der Waals surface area contributed by atoms with Gasteiger partial charge in [-0.25, -0.2) is 0 Å². The van der Waals surface area contributed by atoms with Gasteiger partial charge in [-0.1, -0.05) is 11.6 Å². The lowest BCUT2D eigenvalue weighted by Gasteiger charge is -2.04. The fourth-order valence-electron chi connectivity index (χ4n) is 1.33. The summed E-state index contributed by atoms with van der Waals surface area (Å²) in [6, 6.07) is 3.62. The first kappa shape index (κ1) is 10.7. The summed E-state index contributed by atoms with van der Waals surface area (Å²) in [4.78, 5) is 0.843. The average Bonchev–Trinajstić information content (AvgIpc) is 2.84. The van der Waals surface area contributed by atoms with E-state index in [-0.39, 0.29) is 0 Å². The van der Waals surface area contributed by atoms with Crippen LogP contribution in [0.4, 0.5) is 0 Å². The molecule has 1 N–H and O–H groups in total. The second-order valence-electron chi connectivity index (χ2n) is 3.17. The van der Waals surface area contributed by atoms with Crippen LogP contribution in [0.15, 0.2) is 24.5 Å². The topological polar surface area (TPSA) is 38.0 Å². The van der Waals surface area contributed by atoms with Crippen molar-refractivity contribution in [3.8, 4) is 0 Å². The first-order valence-corrected chi connectivity index (χ1v) is 5.86. The van der Waals surface area contributed by atoms with Gasteiger partial charge in [-0.05, 0) is 19.1 Å². The van der Waals surface area contributed by atoms with Crippen LogP contribution in [0.2, 0.25) is 4.34 Å². The van der Waals surface area contributed by atoms with Crippen molar-refractivity contribution in [1.82, 2.24) is 9.78 Å². The number of aliphatic hydroxyl groups is 1. The van der Waals surface area contributed by atoms with Crippen LogP contribution in [0.3, 0.4) is 0 Å². The monoisotopic (exact) mass is 242 g/mol. The SMILES string of the molecule is CCn1cc(C(O)c2ccc(Cl)s2)cn1. The molecule has 2 rings (SSSR count). The van der Waals surface area contributed by atoms with Gasteiger partial charge >= 0.3 is 0 Å². The molecule has 2 aromatic rings. The molecule has 1 unspecified atom stereocenters. The summed E-state index contributed by atoms with van der Waals surface area (Å²) in [5, 5.41) is 14.1. The maximum Gasteiger partial charge on any atom is 0.116 e. The zero-order valence-corrected chi connectivity index (χ0v) is 9.79. The number of aromatic nitrogens is 2. The third-order valence-electron chi connectivity index (χ3n) is 2.16. The number of thiophene rings is 1. The summed E-state index contributed by atoms with van der Waals surface area (Å²) in [5.74, 6) is 0. The van der Waals surface area contributed by atoms with E-state index < -0.39 is 6.10 Å². The number of rotatable bonds is 3. The van der Waals surface area contributed by atoms with Gasteiger partial charge in [0, 0.05) is 23.2 Å². The minimum Gasteiger partial charge on any atom is -0.383 e. The Hall–Kier alpha value is -0.840. The van der Waals surface area contributed by atoms with E-state index in [1.165, 1.54) is 11.3 Å². The molecule has 0 aliphatic carbocycles. The van der Waals surface area contributed by atoms with Crippen molar-refractivity contribution >= 4 is 22.9 Å². The molecule has 80 valence electrons. The molecular weight excluding hydrogens is 232 g/mol. The third kappa shape index (κ3) is 2.22. The maximum absolute atomic E-state index is 10.0. The molecule has 0 bridgehead atoms. The van der Waals surface area contributed by atoms with Gasteiger partial charge in [-0.15, -0.1) is 11.3 Å². The van der Waals surface area contributed by atoms with Crippen LogP contribution in [0, 0.1) is 0 Å². The lowest BCUT2D eigenvalue weighted by Crippen LogP contribution is -1.96. The molecule has 0 spiro atoms. The predicted molar refractivity (Wildman–Crippen MR) is 61.3 cm³/mol. The first-order valence-electron chi connectivity index (χ1n) is 4.66. The van der Waals surface area contributed by atoms with Crippen molar-refractivity contribution < 1.29 is 5.11 Å². The van der Waals surface area contributed by atoms with Gasteiger partial charge in [0.05, 0.1) is 10.5 Å². The minimum atomic E-state index is -0.622. The molecule has 3 nitrogen and oxygen atoms in total. The lowest BCUT2D eigenvalue weighted by molar-refractivity contribution is 0.224. The summed E-state index contributed by atoms with van der Waals surface area (Å²) in [6.07, 6.45) is 2.91. The van der Waals surface area contributed by atoms with E-state index in [1.807, 2.05) is 19.2 Å². The van der Waals surface area contributed by atoms with Crippen molar-refractivity contribution in [3.63, 3.8) is 0 Å². The van der Waals surface area contributed by atoms with Gasteiger partial charge in [-0.2, -0.15) is 5.10 Å². The standard InChI is InChI=1S/C10H11ClN2OS/c1-2-13-6-7(5-12-13)10(14)8-3-4-9(11)15-8/h3-6,10,14H,2H2,1H3. The van der Waals surface area contributed by atoms with E-state index in [0.29, 0.717) is 4.34 Å². The fraction of sp³-hybridized carbons (Fsp3) is 0.300. The smallest absolute Gasteiger partial charge is 0.116 e. The van der Waals surface area contributed by atoms with Crippen LogP contribution in [0.1, 0.15) is 23.5 Å². The highest BCUT2D eigenvalue weighted by atomic mass is 35.5. The number of aliphatic hydroxyl groups excluding tert-OH is 1. The largest absolute Gasteiger partial charge is 0.383 e. The molecular formula is C10H11ClN2OS. The van der Waals surface area contributed by atoms with Gasteiger partial charge in [0.2, 0.25) is 0 Å². The molecule has 0 saturated heterocycles. The van der Waals surface area contributed by atoms with Crippen molar-refractivity contribution in [3.05, 3.63) is 39.3 Å². The Kier molecular flexibility index (Phi) is 3.09. The van der Waals surface area contributed by atoms with Gasteiger partial charge in [-0.3, -0.25) is 4.68 Å². The molecule has 0 aromatic carbocycles. The molecule has 15 heavy (non-hydrogen) atoms. The highest BCUT2D eigenvalue weighted by molar-refractivity contribution is 7.16. The molecule has 2 aromatic heterocycles. The normalized spacial score (nSPS) is 13.0. The number of hydrogen-bond donors (Lipinski definition) is 1. The Labute approximate surface area is 96.9 Å². The Balaban J connectivity index is 2.23. The zero-order chi connectivity index (χ0) is 10.8. The molecule has 0 amide bonds. The van der Waals surface area contributed by atoms with Gasteiger partial charge < -0.3 is 5.11 Å². The van der Waals surface area contributed by atoms with Crippen LogP contribution in [0.5, 0.6) is 0 Å². The predicted octanol–water partition coefficient (Wildman–Crippen LogP) is 2.70. The van der Waals surface area contributed by atoms with Crippen molar-refractivity contribution in [2.75, 3.05) is 0 Å². The second-order valence-corrected chi connectivity index (χ2v) is 4.92. The van der Waals surface area contributed by atoms with Crippen molar-refractivity contribution in [1.29, 1.82) is 0 Å². The fourth-order valence-corrected chi connectivity index (χ4v) is 2.41. The summed E-state index contributed by atoms with van der Waals surface area (Å²) in [7, 11) is 0. The maximum atomic E-state index is 10.0. The Bertz CT molecular complexity index is 452. The van der Waals surface area contributed by atoms with E-state index in [0.717, 1.165) is 17.0 Å². The van der Waals surface area contributed by atoms with Crippen molar-refractivity contribution in [2.24, 2.45) is 0 Å². The Morgan fingerprint density at radius 1 is 1.60 bits per heavy atom. The van der Waals surface area contributed by atoms with Gasteiger partial charge in [0.25, 0.3) is 0 Å². The molecule has 0 aliphatic heterocycles.